The summed E-state index contributed by atoms with van der Waals surface area (Å²) in [7, 11) is 0. The summed E-state index contributed by atoms with van der Waals surface area (Å²) >= 11 is 2.12. The maximum atomic E-state index is 3.65. The number of hydrogen-bond acceptors (Lipinski definition) is 3. The molecule has 2 saturated heterocycles. The van der Waals surface area contributed by atoms with Gasteiger partial charge in [-0.25, -0.2) is 0 Å². The zero-order valence-corrected chi connectivity index (χ0v) is 10.2. The minimum absolute atomic E-state index is 0.367. The van der Waals surface area contributed by atoms with Crippen LogP contribution in [0.15, 0.2) is 0 Å². The Balaban J connectivity index is 1.93. The van der Waals surface area contributed by atoms with Gasteiger partial charge in [0.25, 0.3) is 0 Å². The number of nitrogens with one attached hydrogen (secondary N) is 1. The van der Waals surface area contributed by atoms with E-state index >= 15 is 0 Å². The van der Waals surface area contributed by atoms with Gasteiger partial charge in [-0.2, -0.15) is 11.8 Å². The van der Waals surface area contributed by atoms with Gasteiger partial charge >= 0.3 is 0 Å². The van der Waals surface area contributed by atoms with Crippen LogP contribution in [0.4, 0.5) is 0 Å². The SMILES string of the molecule is CCC1(C)CN(C2CCSC2)CCN1. The van der Waals surface area contributed by atoms with Crippen LogP contribution in [0.25, 0.3) is 0 Å². The third-order valence-corrected chi connectivity index (χ3v) is 4.85. The molecule has 3 heteroatoms. The van der Waals surface area contributed by atoms with Gasteiger partial charge in [0.15, 0.2) is 0 Å². The fraction of sp³-hybridized carbons (Fsp3) is 1.00. The fourth-order valence-corrected chi connectivity index (χ4v) is 3.70. The van der Waals surface area contributed by atoms with Crippen LogP contribution in [-0.2, 0) is 0 Å². The van der Waals surface area contributed by atoms with E-state index in [-0.39, 0.29) is 0 Å². The molecule has 2 unspecified atom stereocenters. The minimum atomic E-state index is 0.367. The Kier molecular flexibility index (Phi) is 3.40. The summed E-state index contributed by atoms with van der Waals surface area (Å²) in [5, 5.41) is 3.65. The molecular weight excluding hydrogens is 192 g/mol. The predicted molar refractivity (Wildman–Crippen MR) is 64.0 cm³/mol. The van der Waals surface area contributed by atoms with Crippen molar-refractivity contribution >= 4 is 11.8 Å². The maximum Gasteiger partial charge on any atom is 0.0278 e. The van der Waals surface area contributed by atoms with Crippen molar-refractivity contribution in [1.82, 2.24) is 10.2 Å². The van der Waals surface area contributed by atoms with Crippen molar-refractivity contribution in [3.05, 3.63) is 0 Å². The Morgan fingerprint density at radius 1 is 1.57 bits per heavy atom. The van der Waals surface area contributed by atoms with E-state index in [0.29, 0.717) is 5.54 Å². The smallest absolute Gasteiger partial charge is 0.0278 e. The van der Waals surface area contributed by atoms with Crippen LogP contribution in [0.2, 0.25) is 0 Å². The third kappa shape index (κ3) is 2.26. The van der Waals surface area contributed by atoms with E-state index in [0.717, 1.165) is 6.04 Å². The zero-order valence-electron chi connectivity index (χ0n) is 9.38. The number of rotatable bonds is 2. The van der Waals surface area contributed by atoms with Gasteiger partial charge in [-0.15, -0.1) is 0 Å². The lowest BCUT2D eigenvalue weighted by molar-refractivity contribution is 0.107. The van der Waals surface area contributed by atoms with Crippen LogP contribution in [0.5, 0.6) is 0 Å². The fourth-order valence-electron chi connectivity index (χ4n) is 2.44. The van der Waals surface area contributed by atoms with E-state index in [1.54, 1.807) is 0 Å². The van der Waals surface area contributed by atoms with Gasteiger partial charge in [-0.3, -0.25) is 4.90 Å². The summed E-state index contributed by atoms with van der Waals surface area (Å²) in [5.41, 5.74) is 0.367. The van der Waals surface area contributed by atoms with Crippen LogP contribution >= 0.6 is 11.8 Å². The average molecular weight is 214 g/mol. The summed E-state index contributed by atoms with van der Waals surface area (Å²) in [5.74, 6) is 2.73. The molecule has 82 valence electrons. The molecule has 0 amide bonds. The molecule has 0 aromatic carbocycles. The number of thioether (sulfide) groups is 1. The molecule has 0 aliphatic carbocycles. The van der Waals surface area contributed by atoms with Crippen molar-refractivity contribution in [2.75, 3.05) is 31.1 Å². The van der Waals surface area contributed by atoms with Crippen molar-refractivity contribution in [2.45, 2.75) is 38.3 Å². The van der Waals surface area contributed by atoms with Gasteiger partial charge in [0.05, 0.1) is 0 Å². The van der Waals surface area contributed by atoms with Crippen molar-refractivity contribution in [3.8, 4) is 0 Å². The Hall–Kier alpha value is 0.270. The second-order valence-corrected chi connectivity index (χ2v) is 5.98. The molecule has 0 aromatic rings. The Morgan fingerprint density at radius 3 is 3.07 bits per heavy atom. The standard InChI is InChI=1S/C11H22N2S/c1-3-11(2)9-13(6-5-12-11)10-4-7-14-8-10/h10,12H,3-9H2,1-2H3. The Labute approximate surface area is 91.8 Å². The van der Waals surface area contributed by atoms with Crippen molar-refractivity contribution in [3.63, 3.8) is 0 Å². The highest BCUT2D eigenvalue weighted by Gasteiger charge is 2.33. The summed E-state index contributed by atoms with van der Waals surface area (Å²) < 4.78 is 0. The van der Waals surface area contributed by atoms with Gasteiger partial charge in [0, 0.05) is 37.0 Å². The second kappa shape index (κ2) is 4.42. The van der Waals surface area contributed by atoms with Gasteiger partial charge < -0.3 is 5.32 Å². The Bertz CT molecular complexity index is 192. The summed E-state index contributed by atoms with van der Waals surface area (Å²) in [6.45, 7) is 8.32. The molecule has 0 aromatic heterocycles. The molecule has 0 saturated carbocycles. The first kappa shape index (κ1) is 10.8. The van der Waals surface area contributed by atoms with Crippen molar-refractivity contribution < 1.29 is 0 Å². The van der Waals surface area contributed by atoms with E-state index in [9.17, 15) is 0 Å². The van der Waals surface area contributed by atoms with E-state index in [1.165, 1.54) is 44.0 Å². The molecular formula is C11H22N2S. The van der Waals surface area contributed by atoms with Crippen molar-refractivity contribution in [2.24, 2.45) is 0 Å². The van der Waals surface area contributed by atoms with Crippen molar-refractivity contribution in [1.29, 1.82) is 0 Å². The van der Waals surface area contributed by atoms with E-state index < -0.39 is 0 Å². The largest absolute Gasteiger partial charge is 0.309 e. The first-order chi connectivity index (χ1) is 6.73. The average Bonchev–Trinajstić information content (AvgIpc) is 2.71. The van der Waals surface area contributed by atoms with Gasteiger partial charge in [0.1, 0.15) is 0 Å². The monoisotopic (exact) mass is 214 g/mol. The molecule has 2 nitrogen and oxygen atoms in total. The molecule has 2 atom stereocenters. The van der Waals surface area contributed by atoms with E-state index in [1.807, 2.05) is 0 Å². The molecule has 1 N–H and O–H groups in total. The first-order valence-corrected chi connectivity index (χ1v) is 6.96. The van der Waals surface area contributed by atoms with Crippen LogP contribution < -0.4 is 5.32 Å². The van der Waals surface area contributed by atoms with Gasteiger partial charge in [-0.1, -0.05) is 6.92 Å². The Morgan fingerprint density at radius 2 is 2.43 bits per heavy atom. The highest BCUT2D eigenvalue weighted by Crippen LogP contribution is 2.25. The molecule has 2 fully saturated rings. The predicted octanol–water partition coefficient (Wildman–Crippen LogP) is 1.57. The van der Waals surface area contributed by atoms with Crippen LogP contribution in [0.1, 0.15) is 26.7 Å². The van der Waals surface area contributed by atoms with Crippen LogP contribution in [0.3, 0.4) is 0 Å². The molecule has 2 aliphatic rings. The quantitative estimate of drug-likeness (QED) is 0.751. The lowest BCUT2D eigenvalue weighted by atomic mass is 9.95. The zero-order chi connectivity index (χ0) is 10.0. The molecule has 2 heterocycles. The molecule has 0 bridgehead atoms. The summed E-state index contributed by atoms with van der Waals surface area (Å²) in [4.78, 5) is 2.71. The normalized spacial score (nSPS) is 40.3. The number of piperazine rings is 1. The second-order valence-electron chi connectivity index (χ2n) is 4.83. The van der Waals surface area contributed by atoms with Crippen LogP contribution in [-0.4, -0.2) is 47.6 Å². The highest BCUT2D eigenvalue weighted by molar-refractivity contribution is 7.99. The van der Waals surface area contributed by atoms with E-state index in [4.69, 9.17) is 0 Å². The lowest BCUT2D eigenvalue weighted by Crippen LogP contribution is -2.60. The molecule has 2 rings (SSSR count). The first-order valence-electron chi connectivity index (χ1n) is 5.80. The molecule has 2 aliphatic heterocycles. The summed E-state index contributed by atoms with van der Waals surface area (Å²) in [6, 6.07) is 0.868. The van der Waals surface area contributed by atoms with Gasteiger partial charge in [-0.05, 0) is 25.5 Å². The van der Waals surface area contributed by atoms with Gasteiger partial charge in [0.2, 0.25) is 0 Å². The third-order valence-electron chi connectivity index (χ3n) is 3.71. The highest BCUT2D eigenvalue weighted by atomic mass is 32.2. The lowest BCUT2D eigenvalue weighted by Gasteiger charge is -2.43. The van der Waals surface area contributed by atoms with E-state index in [2.05, 4.69) is 35.8 Å². The molecule has 14 heavy (non-hydrogen) atoms. The molecule has 0 spiro atoms. The van der Waals surface area contributed by atoms with Crippen LogP contribution in [0, 0.1) is 0 Å². The number of nitrogens with zero attached hydrogens (tertiary/aromatic N) is 1. The minimum Gasteiger partial charge on any atom is -0.309 e. The molecule has 0 radical (unpaired) electrons. The maximum absolute atomic E-state index is 3.65. The topological polar surface area (TPSA) is 15.3 Å². The number of hydrogen-bond donors (Lipinski definition) is 1. The summed E-state index contributed by atoms with van der Waals surface area (Å²) in [6.07, 6.45) is 2.65.